The standard InChI is InChI=1S/C15H15F3N2O4S/c1-2-23-13(22)7-20(9-15(16,17)18)12(21)6-10-8-25-14(19-10)11-4-3-5-24-11/h3-5,8H,2,6-7,9H2,1H3. The Morgan fingerprint density at radius 1 is 1.40 bits per heavy atom. The number of alkyl halides is 3. The lowest BCUT2D eigenvalue weighted by Gasteiger charge is -2.22. The molecule has 136 valence electrons. The van der Waals surface area contributed by atoms with Gasteiger partial charge in [0.2, 0.25) is 5.91 Å². The van der Waals surface area contributed by atoms with E-state index >= 15 is 0 Å². The molecule has 0 aliphatic rings. The van der Waals surface area contributed by atoms with Gasteiger partial charge in [0.05, 0.1) is 25.0 Å². The highest BCUT2D eigenvalue weighted by Crippen LogP contribution is 2.24. The molecule has 0 bridgehead atoms. The number of hydrogen-bond acceptors (Lipinski definition) is 6. The first-order chi connectivity index (χ1) is 11.8. The van der Waals surface area contributed by atoms with E-state index in [1.807, 2.05) is 0 Å². The largest absolute Gasteiger partial charge is 0.465 e. The van der Waals surface area contributed by atoms with Gasteiger partial charge in [-0.25, -0.2) is 4.98 Å². The smallest absolute Gasteiger partial charge is 0.406 e. The summed E-state index contributed by atoms with van der Waals surface area (Å²) in [6, 6.07) is 3.35. The number of halogens is 3. The van der Waals surface area contributed by atoms with Gasteiger partial charge in [-0.1, -0.05) is 0 Å². The molecule has 2 rings (SSSR count). The maximum atomic E-state index is 12.7. The van der Waals surface area contributed by atoms with Crippen molar-refractivity contribution in [3.8, 4) is 10.8 Å². The van der Waals surface area contributed by atoms with Gasteiger partial charge in [0.15, 0.2) is 10.8 Å². The minimum absolute atomic E-state index is 0.0193. The quantitative estimate of drug-likeness (QED) is 0.695. The van der Waals surface area contributed by atoms with Gasteiger partial charge in [-0.05, 0) is 19.1 Å². The number of esters is 1. The highest BCUT2D eigenvalue weighted by molar-refractivity contribution is 7.13. The molecule has 0 saturated carbocycles. The maximum Gasteiger partial charge on any atom is 0.406 e. The van der Waals surface area contributed by atoms with Crippen molar-refractivity contribution in [3.05, 3.63) is 29.5 Å². The summed E-state index contributed by atoms with van der Waals surface area (Å²) in [6.07, 6.45) is -3.51. The van der Waals surface area contributed by atoms with Gasteiger partial charge in [0.25, 0.3) is 0 Å². The van der Waals surface area contributed by atoms with E-state index in [2.05, 4.69) is 9.72 Å². The normalized spacial score (nSPS) is 11.4. The third kappa shape index (κ3) is 5.89. The van der Waals surface area contributed by atoms with Gasteiger partial charge in [-0.2, -0.15) is 13.2 Å². The second-order valence-electron chi connectivity index (χ2n) is 4.97. The van der Waals surface area contributed by atoms with E-state index < -0.39 is 31.1 Å². The van der Waals surface area contributed by atoms with Crippen LogP contribution >= 0.6 is 11.3 Å². The van der Waals surface area contributed by atoms with Crippen LogP contribution in [0.1, 0.15) is 12.6 Å². The Labute approximate surface area is 145 Å². The van der Waals surface area contributed by atoms with Crippen molar-refractivity contribution in [2.75, 3.05) is 19.7 Å². The van der Waals surface area contributed by atoms with Crippen LogP contribution in [0.5, 0.6) is 0 Å². The summed E-state index contributed by atoms with van der Waals surface area (Å²) in [7, 11) is 0. The molecule has 0 radical (unpaired) electrons. The summed E-state index contributed by atoms with van der Waals surface area (Å²) in [5, 5.41) is 2.08. The van der Waals surface area contributed by atoms with Gasteiger partial charge >= 0.3 is 12.1 Å². The molecule has 0 spiro atoms. The zero-order valence-corrected chi connectivity index (χ0v) is 14.0. The SMILES string of the molecule is CCOC(=O)CN(CC(F)(F)F)C(=O)Cc1csc(-c2ccco2)n1. The number of carbonyl (C=O) groups is 2. The molecule has 0 saturated heterocycles. The fourth-order valence-corrected chi connectivity index (χ4v) is 2.77. The van der Waals surface area contributed by atoms with Crippen LogP contribution in [0.4, 0.5) is 13.2 Å². The maximum absolute atomic E-state index is 12.7. The van der Waals surface area contributed by atoms with E-state index in [1.165, 1.54) is 24.5 Å². The fourth-order valence-electron chi connectivity index (χ4n) is 1.98. The minimum atomic E-state index is -4.62. The van der Waals surface area contributed by atoms with Gasteiger partial charge in [-0.15, -0.1) is 11.3 Å². The Morgan fingerprint density at radius 3 is 2.76 bits per heavy atom. The van der Waals surface area contributed by atoms with Crippen LogP contribution in [0.2, 0.25) is 0 Å². The van der Waals surface area contributed by atoms with E-state index in [0.29, 0.717) is 21.4 Å². The van der Waals surface area contributed by atoms with Crippen molar-refractivity contribution in [1.29, 1.82) is 0 Å². The van der Waals surface area contributed by atoms with Crippen molar-refractivity contribution in [1.82, 2.24) is 9.88 Å². The molecular formula is C15H15F3N2O4S. The van der Waals surface area contributed by atoms with Gasteiger partial charge in [0.1, 0.15) is 13.1 Å². The monoisotopic (exact) mass is 376 g/mol. The third-order valence-corrected chi connectivity index (χ3v) is 3.87. The lowest BCUT2D eigenvalue weighted by molar-refractivity contribution is -0.167. The molecule has 0 fully saturated rings. The number of aromatic nitrogens is 1. The van der Waals surface area contributed by atoms with E-state index in [0.717, 1.165) is 0 Å². The summed E-state index contributed by atoms with van der Waals surface area (Å²) in [6.45, 7) is -0.744. The summed E-state index contributed by atoms with van der Waals surface area (Å²) >= 11 is 1.21. The molecule has 6 nitrogen and oxygen atoms in total. The topological polar surface area (TPSA) is 72.6 Å². The molecule has 0 aromatic carbocycles. The number of amides is 1. The Morgan fingerprint density at radius 2 is 2.16 bits per heavy atom. The second kappa shape index (κ2) is 8.15. The molecule has 10 heteroatoms. The summed E-state index contributed by atoms with van der Waals surface area (Å²) in [4.78, 5) is 28.2. The van der Waals surface area contributed by atoms with E-state index in [-0.39, 0.29) is 13.0 Å². The molecule has 0 aliphatic heterocycles. The zero-order valence-electron chi connectivity index (χ0n) is 13.2. The summed E-state index contributed by atoms with van der Waals surface area (Å²) < 4.78 is 47.8. The van der Waals surface area contributed by atoms with Gasteiger partial charge < -0.3 is 14.1 Å². The van der Waals surface area contributed by atoms with Crippen molar-refractivity contribution in [3.63, 3.8) is 0 Å². The highest BCUT2D eigenvalue weighted by Gasteiger charge is 2.34. The number of rotatable bonds is 7. The molecule has 0 unspecified atom stereocenters. The first-order valence-corrected chi connectivity index (χ1v) is 8.15. The zero-order chi connectivity index (χ0) is 18.4. The van der Waals surface area contributed by atoms with Crippen LogP contribution in [-0.2, 0) is 20.7 Å². The Hall–Kier alpha value is -2.36. The molecule has 2 aromatic heterocycles. The van der Waals surface area contributed by atoms with Crippen LogP contribution in [0, 0.1) is 0 Å². The molecule has 0 N–H and O–H groups in total. The number of ether oxygens (including phenoxy) is 1. The first-order valence-electron chi connectivity index (χ1n) is 7.27. The predicted octanol–water partition coefficient (Wildman–Crippen LogP) is 2.90. The van der Waals surface area contributed by atoms with Crippen molar-refractivity contribution < 1.29 is 31.9 Å². The highest BCUT2D eigenvalue weighted by atomic mass is 32.1. The Bertz CT molecular complexity index is 713. The third-order valence-electron chi connectivity index (χ3n) is 2.96. The first kappa shape index (κ1) is 19.0. The average Bonchev–Trinajstić information content (AvgIpc) is 3.15. The van der Waals surface area contributed by atoms with Crippen molar-refractivity contribution in [2.24, 2.45) is 0 Å². The molecule has 2 aromatic rings. The van der Waals surface area contributed by atoms with Crippen LogP contribution in [-0.4, -0.2) is 47.6 Å². The number of furan rings is 1. The van der Waals surface area contributed by atoms with Crippen molar-refractivity contribution in [2.45, 2.75) is 19.5 Å². The number of nitrogens with zero attached hydrogens (tertiary/aromatic N) is 2. The summed E-state index contributed by atoms with van der Waals surface area (Å²) in [5.41, 5.74) is 0.303. The fraction of sp³-hybridized carbons (Fsp3) is 0.400. The van der Waals surface area contributed by atoms with Crippen molar-refractivity contribution >= 4 is 23.2 Å². The lowest BCUT2D eigenvalue weighted by atomic mass is 10.3. The number of hydrogen-bond donors (Lipinski definition) is 0. The number of carbonyl (C=O) groups excluding carboxylic acids is 2. The molecule has 25 heavy (non-hydrogen) atoms. The second-order valence-corrected chi connectivity index (χ2v) is 5.83. The molecule has 0 atom stereocenters. The Kier molecular flexibility index (Phi) is 6.18. The Balaban J connectivity index is 2.06. The van der Waals surface area contributed by atoms with Crippen LogP contribution in [0.15, 0.2) is 28.2 Å². The van der Waals surface area contributed by atoms with Crippen LogP contribution in [0.3, 0.4) is 0 Å². The van der Waals surface area contributed by atoms with Crippen LogP contribution < -0.4 is 0 Å². The lowest BCUT2D eigenvalue weighted by Crippen LogP contribution is -2.43. The van der Waals surface area contributed by atoms with E-state index in [4.69, 9.17) is 4.42 Å². The van der Waals surface area contributed by atoms with Gasteiger partial charge in [0, 0.05) is 5.38 Å². The summed E-state index contributed by atoms with van der Waals surface area (Å²) in [5.74, 6) is -1.25. The molecular weight excluding hydrogens is 361 g/mol. The van der Waals surface area contributed by atoms with Gasteiger partial charge in [-0.3, -0.25) is 9.59 Å². The predicted molar refractivity (Wildman–Crippen MR) is 82.8 cm³/mol. The van der Waals surface area contributed by atoms with E-state index in [1.54, 1.807) is 17.5 Å². The molecule has 1 amide bonds. The van der Waals surface area contributed by atoms with Crippen LogP contribution in [0.25, 0.3) is 10.8 Å². The number of thiazole rings is 1. The molecule has 0 aliphatic carbocycles. The minimum Gasteiger partial charge on any atom is -0.465 e. The molecule has 2 heterocycles. The van der Waals surface area contributed by atoms with E-state index in [9.17, 15) is 22.8 Å². The average molecular weight is 376 g/mol.